The summed E-state index contributed by atoms with van der Waals surface area (Å²) in [6, 6.07) is 4.30. The van der Waals surface area contributed by atoms with Gasteiger partial charge in [0.2, 0.25) is 10.2 Å². The number of hydrogen-bond acceptors (Lipinski definition) is 4. The molecule has 0 aliphatic heterocycles. The van der Waals surface area contributed by atoms with E-state index >= 15 is 0 Å². The molecule has 0 amide bonds. The molecule has 74 valence electrons. The van der Waals surface area contributed by atoms with Crippen molar-refractivity contribution in [1.29, 1.82) is 0 Å². The van der Waals surface area contributed by atoms with Crippen molar-refractivity contribution in [3.05, 3.63) is 23.7 Å². The second-order valence-corrected chi connectivity index (χ2v) is 6.54. The van der Waals surface area contributed by atoms with Crippen LogP contribution in [-0.2, 0) is 10.1 Å². The molecule has 0 saturated carbocycles. The molecule has 0 radical (unpaired) electrons. The summed E-state index contributed by atoms with van der Waals surface area (Å²) in [6.07, 6.45) is 0. The summed E-state index contributed by atoms with van der Waals surface area (Å²) >= 11 is 4.24. The molecule has 1 unspecified atom stereocenters. The number of rotatable bonds is 1. The first-order valence-electron chi connectivity index (χ1n) is 3.56. The van der Waals surface area contributed by atoms with Gasteiger partial charge in [-0.15, -0.1) is 0 Å². The molecule has 0 bridgehead atoms. The lowest BCUT2D eigenvalue weighted by molar-refractivity contribution is 0.483. The third-order valence-corrected chi connectivity index (χ3v) is 4.57. The van der Waals surface area contributed by atoms with Gasteiger partial charge >= 0.3 is 0 Å². The van der Waals surface area contributed by atoms with E-state index in [4.69, 9.17) is 4.55 Å². The fourth-order valence-electron chi connectivity index (χ4n) is 1.10. The maximum atomic E-state index is 10.8. The highest BCUT2D eigenvalue weighted by molar-refractivity contribution is 8.34. The van der Waals surface area contributed by atoms with Crippen LogP contribution in [0.2, 0.25) is 0 Å². The highest BCUT2D eigenvalue weighted by Gasteiger charge is 2.15. The fraction of sp³-hybridized carbons (Fsp3) is 0. The second-order valence-electron chi connectivity index (χ2n) is 2.65. The summed E-state index contributed by atoms with van der Waals surface area (Å²) in [5, 5.41) is 0. The molecule has 0 aliphatic carbocycles. The van der Waals surface area contributed by atoms with Gasteiger partial charge in [-0.1, -0.05) is 0 Å². The van der Waals surface area contributed by atoms with E-state index in [0.29, 0.717) is 5.52 Å². The van der Waals surface area contributed by atoms with Gasteiger partial charge in [0.1, 0.15) is 17.2 Å². The van der Waals surface area contributed by atoms with Crippen LogP contribution in [0.1, 0.15) is 0 Å². The predicted octanol–water partition coefficient (Wildman–Crippen LogP) is 1.92. The highest BCUT2D eigenvalue weighted by Crippen LogP contribution is 2.33. The summed E-state index contributed by atoms with van der Waals surface area (Å²) in [7, 11) is -4.49. The van der Waals surface area contributed by atoms with Crippen molar-refractivity contribution in [2.75, 3.05) is 0 Å². The van der Waals surface area contributed by atoms with Crippen LogP contribution >= 0.6 is 21.2 Å². The molecule has 1 atom stereocenters. The topological polar surface area (TPSA) is 67.3 Å². The van der Waals surface area contributed by atoms with Crippen LogP contribution in [0.3, 0.4) is 0 Å². The number of thiazole rings is 1. The standard InChI is InChI=1S/C7H5NO3S3/c9-14(10,11)5-1-2-7-6(3-5)8-4-13(7)12/h1-4,12H/p+1. The van der Waals surface area contributed by atoms with Crippen LogP contribution in [0.4, 0.5) is 0 Å². The number of benzene rings is 1. The van der Waals surface area contributed by atoms with Gasteiger partial charge in [0, 0.05) is 6.07 Å². The Kier molecular flexibility index (Phi) is 2.26. The van der Waals surface area contributed by atoms with Crippen molar-refractivity contribution in [1.82, 2.24) is 4.98 Å². The lowest BCUT2D eigenvalue weighted by Crippen LogP contribution is -1.96. The summed E-state index contributed by atoms with van der Waals surface area (Å²) in [4.78, 5) is 3.85. The molecule has 0 saturated heterocycles. The second kappa shape index (κ2) is 3.20. The molecule has 0 fully saturated rings. The SMILES string of the molecule is O=S(=O)(O)c1ccc2c(c1)nc[s+]2S. The largest absolute Gasteiger partial charge is 0.294 e. The van der Waals surface area contributed by atoms with E-state index in [2.05, 4.69) is 16.6 Å². The highest BCUT2D eigenvalue weighted by atomic mass is 33.1. The van der Waals surface area contributed by atoms with Crippen LogP contribution in [-0.4, -0.2) is 18.0 Å². The molecule has 1 aromatic heterocycles. The minimum atomic E-state index is -4.14. The van der Waals surface area contributed by atoms with E-state index < -0.39 is 10.1 Å². The third-order valence-electron chi connectivity index (χ3n) is 1.75. The summed E-state index contributed by atoms with van der Waals surface area (Å²) in [5.74, 6) is 0. The average molecular weight is 248 g/mol. The molecule has 1 aromatic carbocycles. The van der Waals surface area contributed by atoms with Gasteiger partial charge in [-0.3, -0.25) is 4.55 Å². The Hall–Kier alpha value is -0.630. The van der Waals surface area contributed by atoms with Crippen molar-refractivity contribution in [2.45, 2.75) is 4.90 Å². The quantitative estimate of drug-likeness (QED) is 0.350. The zero-order chi connectivity index (χ0) is 10.3. The molecule has 4 nitrogen and oxygen atoms in total. The maximum Gasteiger partial charge on any atom is 0.294 e. The zero-order valence-corrected chi connectivity index (χ0v) is 9.31. The molecular formula is C7H6NO3S3+. The van der Waals surface area contributed by atoms with E-state index in [1.807, 2.05) is 0 Å². The first-order chi connectivity index (χ1) is 6.48. The molecule has 2 aromatic rings. The number of thiol groups is 1. The Labute approximate surface area is 88.1 Å². The first-order valence-corrected chi connectivity index (χ1v) is 7.34. The number of nitrogens with zero attached hydrogens (tertiary/aromatic N) is 1. The van der Waals surface area contributed by atoms with Crippen molar-refractivity contribution < 1.29 is 13.0 Å². The van der Waals surface area contributed by atoms with Crippen LogP contribution < -0.4 is 0 Å². The minimum absolute atomic E-state index is 0.138. The predicted molar refractivity (Wildman–Crippen MR) is 58.4 cm³/mol. The maximum absolute atomic E-state index is 10.8. The van der Waals surface area contributed by atoms with Crippen LogP contribution in [0.5, 0.6) is 0 Å². The third kappa shape index (κ3) is 1.63. The van der Waals surface area contributed by atoms with E-state index in [1.54, 1.807) is 11.6 Å². The molecule has 0 spiro atoms. The minimum Gasteiger partial charge on any atom is -0.282 e. The van der Waals surface area contributed by atoms with Gasteiger partial charge in [-0.2, -0.15) is 13.4 Å². The number of hydrogen-bond donors (Lipinski definition) is 2. The Morgan fingerprint density at radius 2 is 2.14 bits per heavy atom. The van der Waals surface area contributed by atoms with Gasteiger partial charge in [0.15, 0.2) is 0 Å². The van der Waals surface area contributed by atoms with E-state index in [0.717, 1.165) is 4.70 Å². The molecule has 1 heterocycles. The van der Waals surface area contributed by atoms with E-state index in [1.165, 1.54) is 12.1 Å². The number of fused-ring (bicyclic) bond motifs is 1. The molecular weight excluding hydrogens is 242 g/mol. The number of aromatic nitrogens is 1. The van der Waals surface area contributed by atoms with Crippen molar-refractivity contribution in [3.63, 3.8) is 0 Å². The Bertz CT molecular complexity index is 587. The normalized spacial score (nSPS) is 13.4. The Morgan fingerprint density at radius 3 is 2.79 bits per heavy atom. The van der Waals surface area contributed by atoms with E-state index in [9.17, 15) is 8.42 Å². The van der Waals surface area contributed by atoms with Crippen LogP contribution in [0, 0.1) is 0 Å². The van der Waals surface area contributed by atoms with Gasteiger partial charge in [-0.25, -0.2) is 0 Å². The molecule has 1 N–H and O–H groups in total. The summed E-state index contributed by atoms with van der Waals surface area (Å²) in [5.41, 5.74) is 2.19. The summed E-state index contributed by atoms with van der Waals surface area (Å²) < 4.78 is 31.3. The van der Waals surface area contributed by atoms with Crippen molar-refractivity contribution >= 4 is 41.5 Å². The smallest absolute Gasteiger partial charge is 0.282 e. The Morgan fingerprint density at radius 1 is 1.43 bits per heavy atom. The molecule has 0 aliphatic rings. The average Bonchev–Trinajstić information content (AvgIpc) is 2.46. The monoisotopic (exact) mass is 248 g/mol. The molecule has 2 rings (SSSR count). The van der Waals surface area contributed by atoms with Crippen LogP contribution in [0.15, 0.2) is 28.6 Å². The fourth-order valence-corrected chi connectivity index (χ4v) is 3.06. The zero-order valence-electron chi connectivity index (χ0n) is 6.78. The van der Waals surface area contributed by atoms with Gasteiger partial charge < -0.3 is 0 Å². The first kappa shape index (κ1) is 9.91. The van der Waals surface area contributed by atoms with Crippen molar-refractivity contribution in [2.24, 2.45) is 0 Å². The molecule has 7 heteroatoms. The van der Waals surface area contributed by atoms with Gasteiger partial charge in [0.05, 0.1) is 14.4 Å². The van der Waals surface area contributed by atoms with Gasteiger partial charge in [-0.05, 0) is 12.1 Å². The van der Waals surface area contributed by atoms with Crippen molar-refractivity contribution in [3.8, 4) is 0 Å². The lowest BCUT2D eigenvalue weighted by Gasteiger charge is -1.93. The Balaban J connectivity index is 2.76. The summed E-state index contributed by atoms with van der Waals surface area (Å²) in [6.45, 7) is 0. The molecule has 14 heavy (non-hydrogen) atoms. The lowest BCUT2D eigenvalue weighted by atomic mass is 10.3. The van der Waals surface area contributed by atoms with Crippen LogP contribution in [0.25, 0.3) is 10.2 Å². The van der Waals surface area contributed by atoms with Gasteiger partial charge in [0.25, 0.3) is 10.1 Å². The van der Waals surface area contributed by atoms with E-state index in [-0.39, 0.29) is 14.4 Å².